The Morgan fingerprint density at radius 3 is 3.00 bits per heavy atom. The minimum Gasteiger partial charge on any atom is -0.354 e. The van der Waals surface area contributed by atoms with Crippen molar-refractivity contribution in [1.29, 1.82) is 0 Å². The molecule has 3 heterocycles. The minimum absolute atomic E-state index is 0.0684. The van der Waals surface area contributed by atoms with Crippen LogP contribution in [-0.4, -0.2) is 37.9 Å². The lowest BCUT2D eigenvalue weighted by molar-refractivity contribution is 0.0589. The number of likely N-dealkylation sites (tertiary alicyclic amines) is 1. The summed E-state index contributed by atoms with van der Waals surface area (Å²) in [6, 6.07) is 3.11. The number of H-pyrrole nitrogens is 1. The van der Waals surface area contributed by atoms with Crippen LogP contribution in [0.4, 0.5) is 0 Å². The number of aryl methyl sites for hydroxylation is 2. The predicted octanol–water partition coefficient (Wildman–Crippen LogP) is 1.96. The molecule has 0 bridgehead atoms. The summed E-state index contributed by atoms with van der Waals surface area (Å²) in [5, 5.41) is 0. The highest BCUT2D eigenvalue weighted by Crippen LogP contribution is 2.22. The van der Waals surface area contributed by atoms with Crippen molar-refractivity contribution in [1.82, 2.24) is 19.4 Å². The van der Waals surface area contributed by atoms with Gasteiger partial charge < -0.3 is 14.5 Å². The number of pyridine rings is 1. The second-order valence-electron chi connectivity index (χ2n) is 6.15. The molecule has 0 radical (unpaired) electrons. The Bertz CT molecular complexity index is 720. The van der Waals surface area contributed by atoms with Gasteiger partial charge in [-0.05, 0) is 32.6 Å². The quantitative estimate of drug-likeness (QED) is 0.938. The number of piperidine rings is 1. The molecule has 122 valence electrons. The number of rotatable bonds is 4. The second-order valence-corrected chi connectivity index (χ2v) is 6.15. The fourth-order valence-electron chi connectivity index (χ4n) is 3.24. The SMILES string of the molecule is Cc1cc(=O)cc(C(=O)N2CCCC[C@@H]2CCn2ccnc2)[nH]1. The van der Waals surface area contributed by atoms with Gasteiger partial charge in [-0.1, -0.05) is 0 Å². The first-order valence-electron chi connectivity index (χ1n) is 8.11. The van der Waals surface area contributed by atoms with E-state index in [1.165, 1.54) is 12.1 Å². The topological polar surface area (TPSA) is 71.0 Å². The highest BCUT2D eigenvalue weighted by Gasteiger charge is 2.27. The van der Waals surface area contributed by atoms with Crippen molar-refractivity contribution in [3.63, 3.8) is 0 Å². The van der Waals surface area contributed by atoms with E-state index in [-0.39, 0.29) is 17.4 Å². The van der Waals surface area contributed by atoms with Crippen LogP contribution in [0.3, 0.4) is 0 Å². The fraction of sp³-hybridized carbons (Fsp3) is 0.471. The average molecular weight is 314 g/mol. The highest BCUT2D eigenvalue weighted by molar-refractivity contribution is 5.92. The van der Waals surface area contributed by atoms with Crippen LogP contribution in [0.15, 0.2) is 35.6 Å². The van der Waals surface area contributed by atoms with Crippen LogP contribution in [0.5, 0.6) is 0 Å². The Balaban J connectivity index is 1.74. The lowest BCUT2D eigenvalue weighted by atomic mass is 9.98. The molecule has 3 rings (SSSR count). The molecule has 23 heavy (non-hydrogen) atoms. The van der Waals surface area contributed by atoms with Gasteiger partial charge in [0.2, 0.25) is 0 Å². The number of nitrogens with one attached hydrogen (secondary N) is 1. The van der Waals surface area contributed by atoms with Gasteiger partial charge in [0.1, 0.15) is 5.69 Å². The summed E-state index contributed by atoms with van der Waals surface area (Å²) >= 11 is 0. The van der Waals surface area contributed by atoms with Gasteiger partial charge in [0, 0.05) is 49.4 Å². The molecule has 1 N–H and O–H groups in total. The van der Waals surface area contributed by atoms with E-state index in [2.05, 4.69) is 9.97 Å². The number of hydrogen-bond donors (Lipinski definition) is 1. The zero-order valence-electron chi connectivity index (χ0n) is 13.4. The summed E-state index contributed by atoms with van der Waals surface area (Å²) in [5.41, 5.74) is 0.980. The average Bonchev–Trinajstić information content (AvgIpc) is 3.05. The first kappa shape index (κ1) is 15.5. The second kappa shape index (κ2) is 6.81. The van der Waals surface area contributed by atoms with Gasteiger partial charge in [-0.15, -0.1) is 0 Å². The van der Waals surface area contributed by atoms with E-state index in [1.54, 1.807) is 19.4 Å². The molecule has 0 saturated carbocycles. The predicted molar refractivity (Wildman–Crippen MR) is 87.3 cm³/mol. The molecule has 1 fully saturated rings. The molecule has 0 aromatic carbocycles. The van der Waals surface area contributed by atoms with Crippen molar-refractivity contribution in [3.8, 4) is 0 Å². The van der Waals surface area contributed by atoms with Gasteiger partial charge >= 0.3 is 0 Å². The van der Waals surface area contributed by atoms with Crippen molar-refractivity contribution < 1.29 is 4.79 Å². The molecule has 0 aliphatic carbocycles. The number of amides is 1. The standard InChI is InChI=1S/C17H22N4O2/c1-13-10-15(22)11-16(19-13)17(23)21-7-3-2-4-14(21)5-8-20-9-6-18-12-20/h6,9-12,14H,2-5,7-8H2,1H3,(H,19,22)/t14-/m1/s1. The summed E-state index contributed by atoms with van der Waals surface area (Å²) in [5.74, 6) is -0.0684. The third-order valence-corrected chi connectivity index (χ3v) is 4.38. The zero-order valence-corrected chi connectivity index (χ0v) is 13.4. The summed E-state index contributed by atoms with van der Waals surface area (Å²) < 4.78 is 2.03. The highest BCUT2D eigenvalue weighted by atomic mass is 16.2. The molecule has 1 aliphatic rings. The van der Waals surface area contributed by atoms with Gasteiger partial charge in [-0.2, -0.15) is 0 Å². The molecule has 2 aromatic rings. The van der Waals surface area contributed by atoms with E-state index in [0.717, 1.165) is 38.8 Å². The molecule has 1 atom stereocenters. The van der Waals surface area contributed by atoms with E-state index in [0.29, 0.717) is 11.4 Å². The number of carbonyl (C=O) groups excluding carboxylic acids is 1. The molecule has 1 saturated heterocycles. The Morgan fingerprint density at radius 1 is 1.39 bits per heavy atom. The summed E-state index contributed by atoms with van der Waals surface area (Å²) in [7, 11) is 0. The maximum Gasteiger partial charge on any atom is 0.270 e. The number of aromatic amines is 1. The van der Waals surface area contributed by atoms with E-state index in [1.807, 2.05) is 15.7 Å². The van der Waals surface area contributed by atoms with Crippen LogP contribution in [-0.2, 0) is 6.54 Å². The Hall–Kier alpha value is -2.37. The third-order valence-electron chi connectivity index (χ3n) is 4.38. The number of hydrogen-bond acceptors (Lipinski definition) is 3. The number of imidazole rings is 1. The van der Waals surface area contributed by atoms with Crippen molar-refractivity contribution >= 4 is 5.91 Å². The van der Waals surface area contributed by atoms with Gasteiger partial charge in [0.05, 0.1) is 6.33 Å². The van der Waals surface area contributed by atoms with Crippen molar-refractivity contribution in [2.75, 3.05) is 6.54 Å². The monoisotopic (exact) mass is 314 g/mol. The van der Waals surface area contributed by atoms with Crippen molar-refractivity contribution in [2.45, 2.75) is 45.2 Å². The minimum atomic E-state index is -0.128. The van der Waals surface area contributed by atoms with E-state index >= 15 is 0 Å². The van der Waals surface area contributed by atoms with Crippen molar-refractivity contribution in [2.24, 2.45) is 0 Å². The Kier molecular flexibility index (Phi) is 4.60. The third kappa shape index (κ3) is 3.70. The lowest BCUT2D eigenvalue weighted by Gasteiger charge is -2.36. The molecule has 1 aliphatic heterocycles. The van der Waals surface area contributed by atoms with Crippen molar-refractivity contribution in [3.05, 3.63) is 52.5 Å². The van der Waals surface area contributed by atoms with Gasteiger partial charge in [0.15, 0.2) is 5.43 Å². The molecule has 6 nitrogen and oxygen atoms in total. The molecular formula is C17H22N4O2. The molecule has 2 aromatic heterocycles. The van der Waals surface area contributed by atoms with Gasteiger partial charge in [-0.25, -0.2) is 4.98 Å². The summed E-state index contributed by atoms with van der Waals surface area (Å²) in [6.45, 7) is 3.40. The normalized spacial score (nSPS) is 18.1. The maximum absolute atomic E-state index is 12.8. The Morgan fingerprint density at radius 2 is 2.26 bits per heavy atom. The molecular weight excluding hydrogens is 292 g/mol. The van der Waals surface area contributed by atoms with Gasteiger partial charge in [-0.3, -0.25) is 9.59 Å². The van der Waals surface area contributed by atoms with Crippen LogP contribution < -0.4 is 5.43 Å². The van der Waals surface area contributed by atoms with Crippen LogP contribution in [0, 0.1) is 6.92 Å². The summed E-state index contributed by atoms with van der Waals surface area (Å²) in [4.78, 5) is 33.5. The molecule has 1 amide bonds. The largest absolute Gasteiger partial charge is 0.354 e. The number of carbonyl (C=O) groups is 1. The summed E-state index contributed by atoms with van der Waals surface area (Å²) in [6.07, 6.45) is 9.57. The fourth-order valence-corrected chi connectivity index (χ4v) is 3.24. The first-order valence-corrected chi connectivity index (χ1v) is 8.11. The number of aromatic nitrogens is 3. The maximum atomic E-state index is 12.8. The zero-order chi connectivity index (χ0) is 16.2. The smallest absolute Gasteiger partial charge is 0.270 e. The van der Waals surface area contributed by atoms with Crippen LogP contribution in [0.1, 0.15) is 41.9 Å². The van der Waals surface area contributed by atoms with Crippen LogP contribution in [0.2, 0.25) is 0 Å². The lowest BCUT2D eigenvalue weighted by Crippen LogP contribution is -2.44. The van der Waals surface area contributed by atoms with E-state index in [9.17, 15) is 9.59 Å². The molecule has 6 heteroatoms. The van der Waals surface area contributed by atoms with Crippen LogP contribution in [0.25, 0.3) is 0 Å². The van der Waals surface area contributed by atoms with E-state index in [4.69, 9.17) is 0 Å². The Labute approximate surface area is 135 Å². The van der Waals surface area contributed by atoms with Crippen LogP contribution >= 0.6 is 0 Å². The first-order chi connectivity index (χ1) is 11.1. The number of nitrogens with zero attached hydrogens (tertiary/aromatic N) is 3. The molecule has 0 spiro atoms. The van der Waals surface area contributed by atoms with E-state index < -0.39 is 0 Å². The molecule has 0 unspecified atom stereocenters. The van der Waals surface area contributed by atoms with Gasteiger partial charge in [0.25, 0.3) is 5.91 Å².